The van der Waals surface area contributed by atoms with Crippen LogP contribution < -0.4 is 3.71 Å². The van der Waals surface area contributed by atoms with Crippen molar-refractivity contribution < 1.29 is 9.53 Å². The molecule has 0 saturated carbocycles. The summed E-state index contributed by atoms with van der Waals surface area (Å²) in [6.45, 7) is 2.28. The Bertz CT molecular complexity index is 222. The normalized spacial score (nSPS) is 9.55. The Hall–Kier alpha value is -0.521. The predicted octanol–water partition coefficient (Wildman–Crippen LogP) is -0.104. The summed E-state index contributed by atoms with van der Waals surface area (Å²) < 4.78 is 5.70. The van der Waals surface area contributed by atoms with Crippen LogP contribution in [0.1, 0.15) is 6.92 Å². The molecule has 0 unspecified atom stereocenters. The van der Waals surface area contributed by atoms with Gasteiger partial charge in [-0.25, -0.2) is 0 Å². The fourth-order valence-corrected chi connectivity index (χ4v) is 2.64. The molecular formula is C6H8N2O2Sn. The molecular weight excluding hydrogens is 251 g/mol. The molecule has 1 N–H and O–H groups in total. The van der Waals surface area contributed by atoms with Gasteiger partial charge in [-0.3, -0.25) is 0 Å². The van der Waals surface area contributed by atoms with Gasteiger partial charge >= 0.3 is 74.4 Å². The average Bonchev–Trinajstić information content (AvgIpc) is 2.40. The minimum atomic E-state index is -1.21. The van der Waals surface area contributed by atoms with Gasteiger partial charge in [-0.05, 0) is 0 Å². The summed E-state index contributed by atoms with van der Waals surface area (Å²) in [5.74, 6) is 0. The number of nitrogens with one attached hydrogen (secondary N) is 1. The molecule has 1 aromatic heterocycles. The molecule has 1 aromatic rings. The number of aromatic amines is 1. The van der Waals surface area contributed by atoms with Crippen LogP contribution in [0.3, 0.4) is 0 Å². The first-order valence-corrected chi connectivity index (χ1v) is 6.11. The van der Waals surface area contributed by atoms with Gasteiger partial charge in [0.2, 0.25) is 0 Å². The van der Waals surface area contributed by atoms with Crippen LogP contribution in [0.4, 0.5) is 4.79 Å². The van der Waals surface area contributed by atoms with Crippen LogP contribution in [0.25, 0.3) is 0 Å². The van der Waals surface area contributed by atoms with Gasteiger partial charge in [0, 0.05) is 0 Å². The van der Waals surface area contributed by atoms with E-state index in [1.165, 1.54) is 0 Å². The third-order valence-electron chi connectivity index (χ3n) is 1.01. The second kappa shape index (κ2) is 4.38. The zero-order valence-corrected chi connectivity index (χ0v) is 8.98. The molecule has 0 fully saturated rings. The van der Waals surface area contributed by atoms with Crippen molar-refractivity contribution in [1.29, 1.82) is 0 Å². The molecule has 0 atom stereocenters. The van der Waals surface area contributed by atoms with Crippen LogP contribution in [-0.2, 0) is 4.74 Å². The number of nitrogens with zero attached hydrogens (tertiary/aromatic N) is 1. The first kappa shape index (κ1) is 8.57. The van der Waals surface area contributed by atoms with Crippen LogP contribution in [0, 0.1) is 0 Å². The van der Waals surface area contributed by atoms with E-state index in [2.05, 4.69) is 10.2 Å². The molecule has 5 heteroatoms. The summed E-state index contributed by atoms with van der Waals surface area (Å²) in [5.41, 5.74) is 0. The molecule has 0 aromatic carbocycles. The topological polar surface area (TPSA) is 55.0 Å². The summed E-state index contributed by atoms with van der Waals surface area (Å²) in [4.78, 5) is 10.9. The molecule has 0 saturated heterocycles. The second-order valence-electron chi connectivity index (χ2n) is 1.82. The number of aromatic nitrogens is 2. The number of hydrogen-bond donors (Lipinski definition) is 1. The van der Waals surface area contributed by atoms with E-state index in [-0.39, 0.29) is 3.99 Å². The number of rotatable bonds is 3. The molecule has 58 valence electrons. The van der Waals surface area contributed by atoms with Crippen molar-refractivity contribution in [2.45, 2.75) is 6.92 Å². The Morgan fingerprint density at radius 1 is 1.91 bits per heavy atom. The van der Waals surface area contributed by atoms with E-state index in [4.69, 9.17) is 4.74 Å². The minimum absolute atomic E-state index is 0.0552. The SMILES string of the molecule is CCO[C](=O)[Sn][c]1ccn[nH]1. The molecule has 1 rings (SSSR count). The first-order valence-electron chi connectivity index (χ1n) is 3.26. The van der Waals surface area contributed by atoms with E-state index in [0.717, 1.165) is 3.71 Å². The van der Waals surface area contributed by atoms with Gasteiger partial charge in [-0.15, -0.1) is 0 Å². The maximum absolute atomic E-state index is 10.9. The van der Waals surface area contributed by atoms with Crippen molar-refractivity contribution >= 4 is 28.8 Å². The number of hydrogen-bond acceptors (Lipinski definition) is 3. The van der Waals surface area contributed by atoms with Gasteiger partial charge < -0.3 is 0 Å². The maximum atomic E-state index is 10.9. The van der Waals surface area contributed by atoms with Gasteiger partial charge in [0.25, 0.3) is 0 Å². The standard InChI is InChI=1S/C3H3N2.C3H5O2.Sn/c1-2-4-5-3-1;1-2-5-3-4;/h1-2H,(H,4,5);2H2,1H3;. The zero-order chi connectivity index (χ0) is 8.10. The van der Waals surface area contributed by atoms with Crippen LogP contribution >= 0.6 is 0 Å². The zero-order valence-electron chi connectivity index (χ0n) is 6.13. The molecule has 0 aliphatic rings. The summed E-state index contributed by atoms with van der Waals surface area (Å²) >= 11 is -1.21. The third-order valence-corrected chi connectivity index (χ3v) is 3.57. The molecule has 0 aliphatic carbocycles. The van der Waals surface area contributed by atoms with Crippen molar-refractivity contribution in [2.24, 2.45) is 0 Å². The van der Waals surface area contributed by atoms with Crippen molar-refractivity contribution in [3.8, 4) is 0 Å². The fraction of sp³-hybridized carbons (Fsp3) is 0.333. The summed E-state index contributed by atoms with van der Waals surface area (Å²) in [6.07, 6.45) is 1.65. The molecule has 11 heavy (non-hydrogen) atoms. The van der Waals surface area contributed by atoms with Gasteiger partial charge in [0.15, 0.2) is 0 Å². The van der Waals surface area contributed by atoms with E-state index in [0.29, 0.717) is 6.61 Å². The Labute approximate surface area is 74.5 Å². The number of carbonyl (C=O) groups excluding carboxylic acids is 1. The summed E-state index contributed by atoms with van der Waals surface area (Å²) in [5, 5.41) is 6.50. The Balaban J connectivity index is 2.37. The first-order chi connectivity index (χ1) is 5.33. The number of carbonyl (C=O) groups is 1. The van der Waals surface area contributed by atoms with Crippen LogP contribution in [0.2, 0.25) is 0 Å². The summed E-state index contributed by atoms with van der Waals surface area (Å²) in [7, 11) is 0. The summed E-state index contributed by atoms with van der Waals surface area (Å²) in [6, 6.07) is 1.82. The number of ether oxygens (including phenoxy) is 1. The third kappa shape index (κ3) is 2.92. The monoisotopic (exact) mass is 260 g/mol. The molecule has 4 nitrogen and oxygen atoms in total. The molecule has 0 bridgehead atoms. The Morgan fingerprint density at radius 3 is 3.27 bits per heavy atom. The second-order valence-corrected chi connectivity index (χ2v) is 5.23. The molecule has 2 radical (unpaired) electrons. The van der Waals surface area contributed by atoms with E-state index >= 15 is 0 Å². The average molecular weight is 259 g/mol. The number of H-pyrrole nitrogens is 1. The van der Waals surface area contributed by atoms with E-state index in [1.807, 2.05) is 13.0 Å². The van der Waals surface area contributed by atoms with Gasteiger partial charge in [0.05, 0.1) is 0 Å². The van der Waals surface area contributed by atoms with Gasteiger partial charge in [0.1, 0.15) is 0 Å². The van der Waals surface area contributed by atoms with Crippen molar-refractivity contribution in [1.82, 2.24) is 10.2 Å². The molecule has 0 amide bonds. The molecule has 0 aliphatic heterocycles. The van der Waals surface area contributed by atoms with Crippen molar-refractivity contribution in [2.75, 3.05) is 6.61 Å². The van der Waals surface area contributed by atoms with E-state index in [1.54, 1.807) is 6.20 Å². The Morgan fingerprint density at radius 2 is 2.73 bits per heavy atom. The van der Waals surface area contributed by atoms with E-state index in [9.17, 15) is 4.79 Å². The van der Waals surface area contributed by atoms with Crippen LogP contribution in [0.5, 0.6) is 0 Å². The van der Waals surface area contributed by atoms with Crippen LogP contribution in [0.15, 0.2) is 12.3 Å². The Kier molecular flexibility index (Phi) is 3.41. The van der Waals surface area contributed by atoms with Gasteiger partial charge in [-0.1, -0.05) is 0 Å². The van der Waals surface area contributed by atoms with Crippen LogP contribution in [-0.4, -0.2) is 41.9 Å². The quantitative estimate of drug-likeness (QED) is 0.771. The van der Waals surface area contributed by atoms with Crippen molar-refractivity contribution in [3.05, 3.63) is 12.3 Å². The predicted molar refractivity (Wildman–Crippen MR) is 41.0 cm³/mol. The molecule has 1 heterocycles. The van der Waals surface area contributed by atoms with E-state index < -0.39 is 21.1 Å². The van der Waals surface area contributed by atoms with Crippen molar-refractivity contribution in [3.63, 3.8) is 0 Å². The fourth-order valence-electron chi connectivity index (χ4n) is 0.603. The molecule has 0 spiro atoms. The van der Waals surface area contributed by atoms with Gasteiger partial charge in [-0.2, -0.15) is 0 Å².